The standard InChI is InChI=1S/C14H12BrClN2O2/c1-9-2-4-11(15)6-13(9)17-8-10-3-5-12(16)7-14(10)18(19)20/h2-7,17H,8H2,1H3. The van der Waals surface area contributed by atoms with Gasteiger partial charge in [-0.1, -0.05) is 33.6 Å². The molecule has 0 spiro atoms. The van der Waals surface area contributed by atoms with Gasteiger partial charge in [-0.3, -0.25) is 10.1 Å². The molecule has 0 unspecified atom stereocenters. The summed E-state index contributed by atoms with van der Waals surface area (Å²) < 4.78 is 0.955. The van der Waals surface area contributed by atoms with E-state index in [4.69, 9.17) is 11.6 Å². The van der Waals surface area contributed by atoms with Gasteiger partial charge in [0.15, 0.2) is 0 Å². The fourth-order valence-corrected chi connectivity index (χ4v) is 2.36. The molecule has 0 saturated carbocycles. The van der Waals surface area contributed by atoms with Crippen LogP contribution in [0.25, 0.3) is 0 Å². The van der Waals surface area contributed by atoms with Crippen LogP contribution in [0.5, 0.6) is 0 Å². The zero-order valence-corrected chi connectivity index (χ0v) is 13.0. The van der Waals surface area contributed by atoms with Gasteiger partial charge in [-0.15, -0.1) is 0 Å². The molecule has 20 heavy (non-hydrogen) atoms. The molecule has 0 aliphatic heterocycles. The van der Waals surface area contributed by atoms with Crippen LogP contribution < -0.4 is 5.32 Å². The van der Waals surface area contributed by atoms with Crippen LogP contribution in [-0.4, -0.2) is 4.92 Å². The molecule has 0 heterocycles. The number of hydrogen-bond donors (Lipinski definition) is 1. The minimum Gasteiger partial charge on any atom is -0.380 e. The average Bonchev–Trinajstić information content (AvgIpc) is 2.40. The lowest BCUT2D eigenvalue weighted by Crippen LogP contribution is -2.04. The quantitative estimate of drug-likeness (QED) is 0.625. The van der Waals surface area contributed by atoms with Crippen molar-refractivity contribution < 1.29 is 4.92 Å². The van der Waals surface area contributed by atoms with Crippen LogP contribution in [0.3, 0.4) is 0 Å². The highest BCUT2D eigenvalue weighted by atomic mass is 79.9. The third kappa shape index (κ3) is 3.49. The number of nitrogens with one attached hydrogen (secondary N) is 1. The summed E-state index contributed by atoms with van der Waals surface area (Å²) in [5, 5.41) is 14.6. The Kier molecular flexibility index (Phi) is 4.62. The van der Waals surface area contributed by atoms with E-state index < -0.39 is 4.92 Å². The number of nitro benzene ring substituents is 1. The van der Waals surface area contributed by atoms with Gasteiger partial charge in [0.25, 0.3) is 5.69 Å². The molecule has 2 rings (SSSR count). The normalized spacial score (nSPS) is 10.3. The molecule has 2 aromatic rings. The van der Waals surface area contributed by atoms with E-state index in [0.29, 0.717) is 17.1 Å². The van der Waals surface area contributed by atoms with Crippen molar-refractivity contribution in [2.75, 3.05) is 5.32 Å². The average molecular weight is 356 g/mol. The maximum absolute atomic E-state index is 11.0. The number of benzene rings is 2. The van der Waals surface area contributed by atoms with Gasteiger partial charge in [0, 0.05) is 33.4 Å². The van der Waals surface area contributed by atoms with Crippen molar-refractivity contribution in [3.63, 3.8) is 0 Å². The lowest BCUT2D eigenvalue weighted by molar-refractivity contribution is -0.385. The highest BCUT2D eigenvalue weighted by Crippen LogP contribution is 2.26. The Labute approximate surface area is 130 Å². The lowest BCUT2D eigenvalue weighted by atomic mass is 10.1. The largest absolute Gasteiger partial charge is 0.380 e. The smallest absolute Gasteiger partial charge is 0.275 e. The number of anilines is 1. The predicted molar refractivity (Wildman–Crippen MR) is 84.3 cm³/mol. The number of halogens is 2. The van der Waals surface area contributed by atoms with Crippen molar-refractivity contribution >= 4 is 38.9 Å². The Bertz CT molecular complexity index is 662. The van der Waals surface area contributed by atoms with E-state index in [1.165, 1.54) is 6.07 Å². The summed E-state index contributed by atoms with van der Waals surface area (Å²) in [5.74, 6) is 0. The summed E-state index contributed by atoms with van der Waals surface area (Å²) in [6.07, 6.45) is 0. The van der Waals surface area contributed by atoms with Crippen LogP contribution in [0, 0.1) is 17.0 Å². The van der Waals surface area contributed by atoms with E-state index in [1.54, 1.807) is 12.1 Å². The minimum absolute atomic E-state index is 0.0256. The van der Waals surface area contributed by atoms with Crippen LogP contribution in [0.2, 0.25) is 5.02 Å². The maximum Gasteiger partial charge on any atom is 0.275 e. The summed E-state index contributed by atoms with van der Waals surface area (Å²) >= 11 is 9.20. The molecule has 104 valence electrons. The van der Waals surface area contributed by atoms with Crippen LogP contribution in [0.1, 0.15) is 11.1 Å². The Hall–Kier alpha value is -1.59. The van der Waals surface area contributed by atoms with E-state index in [0.717, 1.165) is 15.7 Å². The molecule has 0 bridgehead atoms. The molecule has 0 aliphatic rings. The maximum atomic E-state index is 11.0. The highest BCUT2D eigenvalue weighted by molar-refractivity contribution is 9.10. The van der Waals surface area contributed by atoms with Crippen molar-refractivity contribution in [1.29, 1.82) is 0 Å². The van der Waals surface area contributed by atoms with E-state index in [1.807, 2.05) is 25.1 Å². The molecule has 4 nitrogen and oxygen atoms in total. The zero-order valence-electron chi connectivity index (χ0n) is 10.7. The van der Waals surface area contributed by atoms with Gasteiger partial charge in [0.1, 0.15) is 0 Å². The van der Waals surface area contributed by atoms with E-state index in [-0.39, 0.29) is 5.69 Å². The molecule has 1 N–H and O–H groups in total. The molecule has 2 aromatic carbocycles. The Balaban J connectivity index is 2.23. The first kappa shape index (κ1) is 14.8. The van der Waals surface area contributed by atoms with Gasteiger partial charge in [0.2, 0.25) is 0 Å². The molecule has 0 amide bonds. The minimum atomic E-state index is -0.420. The van der Waals surface area contributed by atoms with E-state index in [2.05, 4.69) is 21.2 Å². The van der Waals surface area contributed by atoms with Crippen molar-refractivity contribution in [3.05, 3.63) is 67.1 Å². The number of rotatable bonds is 4. The van der Waals surface area contributed by atoms with Gasteiger partial charge >= 0.3 is 0 Å². The SMILES string of the molecule is Cc1ccc(Br)cc1NCc1ccc(Cl)cc1[N+](=O)[O-]. The van der Waals surface area contributed by atoms with Crippen molar-refractivity contribution in [3.8, 4) is 0 Å². The lowest BCUT2D eigenvalue weighted by Gasteiger charge is -2.10. The Morgan fingerprint density at radius 1 is 1.30 bits per heavy atom. The van der Waals surface area contributed by atoms with Crippen molar-refractivity contribution in [2.24, 2.45) is 0 Å². The first-order valence-electron chi connectivity index (χ1n) is 5.90. The van der Waals surface area contributed by atoms with Gasteiger partial charge in [-0.2, -0.15) is 0 Å². The monoisotopic (exact) mass is 354 g/mol. The first-order chi connectivity index (χ1) is 9.47. The number of nitro groups is 1. The number of hydrogen-bond acceptors (Lipinski definition) is 3. The topological polar surface area (TPSA) is 55.2 Å². The fourth-order valence-electron chi connectivity index (χ4n) is 1.83. The van der Waals surface area contributed by atoms with Crippen LogP contribution in [0.4, 0.5) is 11.4 Å². The Morgan fingerprint density at radius 3 is 2.75 bits per heavy atom. The summed E-state index contributed by atoms with van der Waals surface area (Å²) in [7, 11) is 0. The van der Waals surface area contributed by atoms with Gasteiger partial charge < -0.3 is 5.32 Å². The highest BCUT2D eigenvalue weighted by Gasteiger charge is 2.14. The van der Waals surface area contributed by atoms with Gasteiger partial charge in [-0.05, 0) is 36.8 Å². The van der Waals surface area contributed by atoms with Crippen LogP contribution in [0.15, 0.2) is 40.9 Å². The fraction of sp³-hybridized carbons (Fsp3) is 0.143. The number of aryl methyl sites for hydroxylation is 1. The third-order valence-corrected chi connectivity index (χ3v) is 3.64. The zero-order chi connectivity index (χ0) is 14.7. The van der Waals surface area contributed by atoms with Gasteiger partial charge in [0.05, 0.1) is 4.92 Å². The summed E-state index contributed by atoms with van der Waals surface area (Å²) in [5.41, 5.74) is 2.63. The predicted octanol–water partition coefficient (Wildman–Crippen LogP) is 4.93. The molecule has 0 aromatic heterocycles. The van der Waals surface area contributed by atoms with E-state index >= 15 is 0 Å². The summed E-state index contributed by atoms with van der Waals surface area (Å²) in [4.78, 5) is 10.6. The van der Waals surface area contributed by atoms with E-state index in [9.17, 15) is 10.1 Å². The molecule has 0 fully saturated rings. The molecule has 6 heteroatoms. The third-order valence-electron chi connectivity index (χ3n) is 2.91. The summed E-state index contributed by atoms with van der Waals surface area (Å²) in [6, 6.07) is 10.6. The van der Waals surface area contributed by atoms with Crippen LogP contribution >= 0.6 is 27.5 Å². The van der Waals surface area contributed by atoms with Crippen LogP contribution in [-0.2, 0) is 6.54 Å². The summed E-state index contributed by atoms with van der Waals surface area (Å²) in [6.45, 7) is 2.34. The number of nitrogens with zero attached hydrogens (tertiary/aromatic N) is 1. The Morgan fingerprint density at radius 2 is 2.05 bits per heavy atom. The second-order valence-corrected chi connectivity index (χ2v) is 5.70. The molecule has 0 saturated heterocycles. The van der Waals surface area contributed by atoms with Gasteiger partial charge in [-0.25, -0.2) is 0 Å². The van der Waals surface area contributed by atoms with Crippen molar-refractivity contribution in [1.82, 2.24) is 0 Å². The second-order valence-electron chi connectivity index (χ2n) is 4.34. The first-order valence-corrected chi connectivity index (χ1v) is 7.07. The second kappa shape index (κ2) is 6.24. The molecular weight excluding hydrogens is 344 g/mol. The molecular formula is C14H12BrClN2O2. The molecule has 0 radical (unpaired) electrons. The van der Waals surface area contributed by atoms with Crippen molar-refractivity contribution in [2.45, 2.75) is 13.5 Å². The molecule has 0 atom stereocenters. The molecule has 0 aliphatic carbocycles.